The summed E-state index contributed by atoms with van der Waals surface area (Å²) in [6.45, 7) is 3.71. The number of imide groups is 1. The van der Waals surface area contributed by atoms with E-state index < -0.39 is 15.6 Å². The van der Waals surface area contributed by atoms with E-state index in [1.165, 1.54) is 9.21 Å². The van der Waals surface area contributed by atoms with Crippen molar-refractivity contribution < 1.29 is 18.0 Å². The Hall–Kier alpha value is -1.97. The molecule has 1 aromatic rings. The van der Waals surface area contributed by atoms with Crippen molar-refractivity contribution in [2.75, 3.05) is 32.8 Å². The number of urea groups is 1. The summed E-state index contributed by atoms with van der Waals surface area (Å²) in [6, 6.07) is 8.79. The van der Waals surface area contributed by atoms with Gasteiger partial charge in [0.05, 0.1) is 12.4 Å². The summed E-state index contributed by atoms with van der Waals surface area (Å²) in [7, 11) is -3.38. The number of amides is 3. The normalized spacial score (nSPS) is 27.2. The second-order valence-electron chi connectivity index (χ2n) is 8.04. The van der Waals surface area contributed by atoms with Crippen LogP contribution in [-0.2, 0) is 20.6 Å². The lowest BCUT2D eigenvalue weighted by atomic mass is 9.96. The van der Waals surface area contributed by atoms with Gasteiger partial charge in [0.25, 0.3) is 5.91 Å². The Bertz CT molecular complexity index is 863. The number of sulfonamides is 1. The van der Waals surface area contributed by atoms with Crippen LogP contribution in [0.5, 0.6) is 0 Å². The molecule has 1 N–H and O–H groups in total. The van der Waals surface area contributed by atoms with Gasteiger partial charge >= 0.3 is 6.03 Å². The maximum absolute atomic E-state index is 12.7. The van der Waals surface area contributed by atoms with Crippen LogP contribution in [0.25, 0.3) is 0 Å². The molecule has 0 aromatic heterocycles. The van der Waals surface area contributed by atoms with E-state index in [0.29, 0.717) is 26.2 Å². The van der Waals surface area contributed by atoms with Crippen molar-refractivity contribution in [3.8, 4) is 0 Å². The number of benzene rings is 1. The molecule has 1 atom stereocenters. The van der Waals surface area contributed by atoms with E-state index in [1.807, 2.05) is 35.2 Å². The van der Waals surface area contributed by atoms with Gasteiger partial charge in [0, 0.05) is 26.2 Å². The third-order valence-electron chi connectivity index (χ3n) is 5.95. The average Bonchev–Trinajstić information content (AvgIpc) is 3.49. The van der Waals surface area contributed by atoms with E-state index in [4.69, 9.17) is 0 Å². The summed E-state index contributed by atoms with van der Waals surface area (Å²) in [5.41, 5.74) is -0.0126. The molecule has 0 bridgehead atoms. The maximum atomic E-state index is 12.7. The zero-order valence-electron chi connectivity index (χ0n) is 16.0. The molecule has 1 saturated carbocycles. The Balaban J connectivity index is 1.33. The van der Waals surface area contributed by atoms with Crippen LogP contribution in [0.3, 0.4) is 0 Å². The first kappa shape index (κ1) is 19.4. The van der Waals surface area contributed by atoms with E-state index in [9.17, 15) is 18.0 Å². The number of rotatable bonds is 6. The van der Waals surface area contributed by atoms with Gasteiger partial charge < -0.3 is 5.32 Å². The lowest BCUT2D eigenvalue weighted by Gasteiger charge is -2.35. The fourth-order valence-electron chi connectivity index (χ4n) is 4.01. The van der Waals surface area contributed by atoms with Gasteiger partial charge in [-0.15, -0.1) is 0 Å². The zero-order valence-corrected chi connectivity index (χ0v) is 16.8. The Morgan fingerprint density at radius 3 is 2.32 bits per heavy atom. The second-order valence-corrected chi connectivity index (χ2v) is 10.0. The minimum Gasteiger partial charge on any atom is -0.323 e. The largest absolute Gasteiger partial charge is 0.326 e. The third kappa shape index (κ3) is 3.66. The lowest BCUT2D eigenvalue weighted by Crippen LogP contribution is -2.53. The summed E-state index contributed by atoms with van der Waals surface area (Å²) in [4.78, 5) is 28.3. The fourth-order valence-corrected chi connectivity index (χ4v) is 5.52. The Kier molecular flexibility index (Phi) is 4.93. The molecule has 1 unspecified atom stereocenters. The van der Waals surface area contributed by atoms with Crippen molar-refractivity contribution in [3.05, 3.63) is 35.9 Å². The van der Waals surface area contributed by atoms with Crippen LogP contribution in [0, 0.1) is 5.92 Å². The topological polar surface area (TPSA) is 90.0 Å². The molecule has 0 radical (unpaired) electrons. The standard InChI is InChI=1S/C19H26N4O4S/c1-19(16-7-8-16)17(24)23(18(25)20-19)14-21-9-11-22(12-10-21)28(26,27)13-15-5-3-2-4-6-15/h2-6,16H,7-14H2,1H3,(H,20,25). The summed E-state index contributed by atoms with van der Waals surface area (Å²) in [5.74, 6) is 0.0497. The Labute approximate surface area is 165 Å². The highest BCUT2D eigenvalue weighted by molar-refractivity contribution is 7.88. The first-order valence-electron chi connectivity index (χ1n) is 9.68. The molecule has 152 valence electrons. The molecule has 2 saturated heterocycles. The van der Waals surface area contributed by atoms with Gasteiger partial charge in [-0.1, -0.05) is 30.3 Å². The first-order chi connectivity index (χ1) is 13.3. The summed E-state index contributed by atoms with van der Waals surface area (Å²) < 4.78 is 26.8. The molecular formula is C19H26N4O4S. The molecule has 3 fully saturated rings. The average molecular weight is 407 g/mol. The molecule has 28 heavy (non-hydrogen) atoms. The van der Waals surface area contributed by atoms with E-state index in [0.717, 1.165) is 18.4 Å². The minimum absolute atomic E-state index is 0.0133. The molecule has 4 rings (SSSR count). The number of hydrogen-bond acceptors (Lipinski definition) is 5. The van der Waals surface area contributed by atoms with Crippen molar-refractivity contribution in [2.24, 2.45) is 5.92 Å². The van der Waals surface area contributed by atoms with Crippen LogP contribution >= 0.6 is 0 Å². The van der Waals surface area contributed by atoms with Crippen LogP contribution in [0.15, 0.2) is 30.3 Å². The minimum atomic E-state index is -3.38. The molecule has 1 aromatic carbocycles. The van der Waals surface area contributed by atoms with E-state index in [2.05, 4.69) is 5.32 Å². The number of nitrogens with one attached hydrogen (secondary N) is 1. The van der Waals surface area contributed by atoms with Crippen LogP contribution in [0.2, 0.25) is 0 Å². The lowest BCUT2D eigenvalue weighted by molar-refractivity contribution is -0.133. The molecule has 1 aliphatic carbocycles. The molecule has 8 nitrogen and oxygen atoms in total. The number of piperazine rings is 1. The van der Waals surface area contributed by atoms with Crippen molar-refractivity contribution in [1.82, 2.24) is 19.4 Å². The number of carbonyl (C=O) groups excluding carboxylic acids is 2. The Morgan fingerprint density at radius 1 is 1.07 bits per heavy atom. The van der Waals surface area contributed by atoms with Gasteiger partial charge in [-0.3, -0.25) is 9.69 Å². The predicted molar refractivity (Wildman–Crippen MR) is 104 cm³/mol. The second kappa shape index (κ2) is 7.13. The monoisotopic (exact) mass is 406 g/mol. The Morgan fingerprint density at radius 2 is 1.71 bits per heavy atom. The molecule has 3 amide bonds. The highest BCUT2D eigenvalue weighted by Crippen LogP contribution is 2.42. The molecule has 0 spiro atoms. The van der Waals surface area contributed by atoms with Gasteiger partial charge in [0.2, 0.25) is 10.0 Å². The number of carbonyl (C=O) groups is 2. The predicted octanol–water partition coefficient (Wildman–Crippen LogP) is 0.812. The summed E-state index contributed by atoms with van der Waals surface area (Å²) in [6.07, 6.45) is 1.93. The van der Waals surface area contributed by atoms with Crippen LogP contribution < -0.4 is 5.32 Å². The van der Waals surface area contributed by atoms with Crippen LogP contribution in [-0.4, -0.2) is 72.8 Å². The van der Waals surface area contributed by atoms with Gasteiger partial charge in [-0.2, -0.15) is 4.31 Å². The van der Waals surface area contributed by atoms with E-state index in [1.54, 1.807) is 6.92 Å². The SMILES string of the molecule is CC1(C2CC2)NC(=O)N(CN2CCN(S(=O)(=O)Cc3ccccc3)CC2)C1=O. The van der Waals surface area contributed by atoms with Gasteiger partial charge in [0.1, 0.15) is 5.54 Å². The molecule has 9 heteroatoms. The van der Waals surface area contributed by atoms with Crippen LogP contribution in [0.1, 0.15) is 25.3 Å². The molecule has 2 aliphatic heterocycles. The number of hydrogen-bond donors (Lipinski definition) is 1. The van der Waals surface area contributed by atoms with E-state index in [-0.39, 0.29) is 30.3 Å². The summed E-state index contributed by atoms with van der Waals surface area (Å²) in [5, 5.41) is 2.85. The smallest absolute Gasteiger partial charge is 0.323 e. The third-order valence-corrected chi connectivity index (χ3v) is 7.80. The van der Waals surface area contributed by atoms with Crippen LogP contribution in [0.4, 0.5) is 4.79 Å². The summed E-state index contributed by atoms with van der Waals surface area (Å²) >= 11 is 0. The maximum Gasteiger partial charge on any atom is 0.326 e. The van der Waals surface area contributed by atoms with Crippen molar-refractivity contribution >= 4 is 22.0 Å². The van der Waals surface area contributed by atoms with E-state index >= 15 is 0 Å². The highest BCUT2D eigenvalue weighted by Gasteiger charge is 2.56. The van der Waals surface area contributed by atoms with Crippen molar-refractivity contribution in [2.45, 2.75) is 31.1 Å². The highest BCUT2D eigenvalue weighted by atomic mass is 32.2. The molecular weight excluding hydrogens is 380 g/mol. The fraction of sp³-hybridized carbons (Fsp3) is 0.579. The van der Waals surface area contributed by atoms with Crippen molar-refractivity contribution in [1.29, 1.82) is 0 Å². The zero-order chi connectivity index (χ0) is 19.9. The first-order valence-corrected chi connectivity index (χ1v) is 11.3. The number of nitrogens with zero attached hydrogens (tertiary/aromatic N) is 3. The molecule has 3 aliphatic rings. The molecule has 2 heterocycles. The van der Waals surface area contributed by atoms with Gasteiger partial charge in [-0.25, -0.2) is 18.1 Å². The van der Waals surface area contributed by atoms with Crippen molar-refractivity contribution in [3.63, 3.8) is 0 Å². The quantitative estimate of drug-likeness (QED) is 0.706. The van der Waals surface area contributed by atoms with Gasteiger partial charge in [-0.05, 0) is 31.2 Å². The van der Waals surface area contributed by atoms with Gasteiger partial charge in [0.15, 0.2) is 0 Å².